The molecule has 0 spiro atoms. The zero-order valence-electron chi connectivity index (χ0n) is 28.5. The first kappa shape index (κ1) is 29.5. The normalized spacial score (nSPS) is 11.8. The van der Waals surface area contributed by atoms with Crippen molar-refractivity contribution in [3.05, 3.63) is 182 Å². The van der Waals surface area contributed by atoms with Crippen LogP contribution in [0.2, 0.25) is 0 Å². The van der Waals surface area contributed by atoms with E-state index < -0.39 is 0 Å². The van der Waals surface area contributed by atoms with Gasteiger partial charge in [-0.3, -0.25) is 4.57 Å². The summed E-state index contributed by atoms with van der Waals surface area (Å²) in [5.41, 5.74) is 14.0. The fourth-order valence-electron chi connectivity index (χ4n) is 7.87. The second-order valence-corrected chi connectivity index (χ2v) is 13.5. The van der Waals surface area contributed by atoms with Crippen molar-refractivity contribution < 1.29 is 8.83 Å². The summed E-state index contributed by atoms with van der Waals surface area (Å²) in [6.45, 7) is 0. The van der Waals surface area contributed by atoms with E-state index in [0.717, 1.165) is 94.2 Å². The number of aromatic nitrogens is 2. The highest BCUT2D eigenvalue weighted by atomic mass is 16.3. The topological polar surface area (TPSA) is 44.1 Å². The quantitative estimate of drug-likeness (QED) is 0.182. The van der Waals surface area contributed by atoms with Crippen molar-refractivity contribution in [2.45, 2.75) is 0 Å². The lowest BCUT2D eigenvalue weighted by Gasteiger charge is -2.11. The molecule has 0 unspecified atom stereocenters. The zero-order valence-corrected chi connectivity index (χ0v) is 28.5. The molecule has 0 fully saturated rings. The minimum Gasteiger partial charge on any atom is -0.455 e. The third-order valence-electron chi connectivity index (χ3n) is 10.4. The standard InChI is InChI=1S/C49H30N2O2/c1-4-12-31(13-5-1)35-22-26-44-38(28-35)40-30-41-39-29-36(32-14-6-2-7-15-32)23-27-45(39)53-48(41)46(47(40)52-44)33-20-24-37(25-21-33)51-43-19-11-10-18-42(43)50-49(51)34-16-8-3-9-17-34/h1-30H. The molecule has 0 saturated heterocycles. The Hall–Kier alpha value is -7.17. The van der Waals surface area contributed by atoms with Gasteiger partial charge in [0.25, 0.3) is 0 Å². The van der Waals surface area contributed by atoms with Crippen molar-refractivity contribution in [1.29, 1.82) is 0 Å². The largest absolute Gasteiger partial charge is 0.455 e. The van der Waals surface area contributed by atoms with E-state index in [-0.39, 0.29) is 0 Å². The second-order valence-electron chi connectivity index (χ2n) is 13.5. The molecule has 248 valence electrons. The third-order valence-corrected chi connectivity index (χ3v) is 10.4. The molecule has 0 aliphatic rings. The number of fused-ring (bicyclic) bond motifs is 7. The van der Waals surface area contributed by atoms with E-state index in [9.17, 15) is 0 Å². The molecular weight excluding hydrogens is 649 g/mol. The first-order valence-electron chi connectivity index (χ1n) is 17.9. The molecule has 4 nitrogen and oxygen atoms in total. The Bertz CT molecular complexity index is 3000. The lowest BCUT2D eigenvalue weighted by atomic mass is 9.96. The Kier molecular flexibility index (Phi) is 6.52. The first-order chi connectivity index (χ1) is 26.3. The van der Waals surface area contributed by atoms with E-state index in [0.29, 0.717) is 0 Å². The molecule has 0 aliphatic carbocycles. The fourth-order valence-corrected chi connectivity index (χ4v) is 7.87. The molecule has 3 heterocycles. The van der Waals surface area contributed by atoms with Gasteiger partial charge in [-0.05, 0) is 82.4 Å². The number of nitrogens with zero attached hydrogens (tertiary/aromatic N) is 2. The molecule has 8 aromatic carbocycles. The van der Waals surface area contributed by atoms with Crippen LogP contribution < -0.4 is 0 Å². The van der Waals surface area contributed by atoms with Crippen LogP contribution in [-0.2, 0) is 0 Å². The number of para-hydroxylation sites is 2. The molecule has 0 radical (unpaired) electrons. The van der Waals surface area contributed by atoms with Crippen molar-refractivity contribution >= 4 is 54.9 Å². The Morgan fingerprint density at radius 1 is 0.377 bits per heavy atom. The van der Waals surface area contributed by atoms with Gasteiger partial charge in [0.1, 0.15) is 28.2 Å². The van der Waals surface area contributed by atoms with Crippen LogP contribution in [-0.4, -0.2) is 9.55 Å². The van der Waals surface area contributed by atoms with Gasteiger partial charge in [0.2, 0.25) is 0 Å². The maximum Gasteiger partial charge on any atom is 0.147 e. The molecule has 0 atom stereocenters. The van der Waals surface area contributed by atoms with Crippen molar-refractivity contribution in [3.8, 4) is 50.5 Å². The number of hydrogen-bond acceptors (Lipinski definition) is 3. The average Bonchev–Trinajstić information content (AvgIpc) is 3.92. The van der Waals surface area contributed by atoms with Crippen LogP contribution in [0, 0.1) is 0 Å². The number of imidazole rings is 1. The van der Waals surface area contributed by atoms with E-state index in [1.54, 1.807) is 0 Å². The summed E-state index contributed by atoms with van der Waals surface area (Å²) in [5, 5.41) is 4.27. The predicted molar refractivity (Wildman–Crippen MR) is 217 cm³/mol. The number of rotatable bonds is 5. The number of hydrogen-bond donors (Lipinski definition) is 0. The van der Waals surface area contributed by atoms with Gasteiger partial charge in [0.05, 0.1) is 16.6 Å². The van der Waals surface area contributed by atoms with E-state index in [4.69, 9.17) is 13.8 Å². The molecule has 11 rings (SSSR count). The lowest BCUT2D eigenvalue weighted by Crippen LogP contribution is -1.97. The highest BCUT2D eigenvalue weighted by Crippen LogP contribution is 2.46. The third kappa shape index (κ3) is 4.73. The summed E-state index contributed by atoms with van der Waals surface area (Å²) < 4.78 is 15.8. The van der Waals surface area contributed by atoms with E-state index in [1.807, 2.05) is 12.1 Å². The summed E-state index contributed by atoms with van der Waals surface area (Å²) in [6.07, 6.45) is 0. The summed E-state index contributed by atoms with van der Waals surface area (Å²) >= 11 is 0. The Morgan fingerprint density at radius 3 is 1.43 bits per heavy atom. The highest BCUT2D eigenvalue weighted by Gasteiger charge is 2.22. The molecule has 11 aromatic rings. The van der Waals surface area contributed by atoms with Gasteiger partial charge in [-0.25, -0.2) is 4.98 Å². The van der Waals surface area contributed by atoms with Gasteiger partial charge in [0, 0.05) is 32.8 Å². The molecule has 53 heavy (non-hydrogen) atoms. The second kappa shape index (κ2) is 11.7. The van der Waals surface area contributed by atoms with Crippen molar-refractivity contribution in [3.63, 3.8) is 0 Å². The molecule has 0 aliphatic heterocycles. The molecule has 0 bridgehead atoms. The van der Waals surface area contributed by atoms with Crippen LogP contribution in [0.4, 0.5) is 0 Å². The van der Waals surface area contributed by atoms with Crippen LogP contribution in [0.3, 0.4) is 0 Å². The summed E-state index contributed by atoms with van der Waals surface area (Å²) in [5.74, 6) is 0.905. The van der Waals surface area contributed by atoms with Crippen LogP contribution in [0.1, 0.15) is 0 Å². The van der Waals surface area contributed by atoms with E-state index in [1.165, 1.54) is 11.1 Å². The SMILES string of the molecule is c1ccc(-c2ccc3oc4c(-c5ccc(-n6c(-c7ccccc7)nc7ccccc76)cc5)c5oc6ccc(-c7ccccc7)cc6c5cc4c3c2)cc1. The molecule has 4 heteroatoms. The molecular formula is C49H30N2O2. The Labute approximate surface area is 304 Å². The minimum absolute atomic E-state index is 0.811. The Balaban J connectivity index is 1.16. The fraction of sp³-hybridized carbons (Fsp3) is 0. The van der Waals surface area contributed by atoms with Gasteiger partial charge in [-0.15, -0.1) is 0 Å². The summed E-state index contributed by atoms with van der Waals surface area (Å²) in [4.78, 5) is 5.06. The van der Waals surface area contributed by atoms with E-state index in [2.05, 4.69) is 174 Å². The summed E-state index contributed by atoms with van der Waals surface area (Å²) in [7, 11) is 0. The van der Waals surface area contributed by atoms with Gasteiger partial charge in [-0.2, -0.15) is 0 Å². The van der Waals surface area contributed by atoms with Crippen molar-refractivity contribution in [2.75, 3.05) is 0 Å². The van der Waals surface area contributed by atoms with Crippen molar-refractivity contribution in [2.24, 2.45) is 0 Å². The predicted octanol–water partition coefficient (Wildman–Crippen LogP) is 13.5. The van der Waals surface area contributed by atoms with Crippen molar-refractivity contribution in [1.82, 2.24) is 9.55 Å². The van der Waals surface area contributed by atoms with Crippen LogP contribution in [0.25, 0.3) is 105 Å². The molecule has 0 amide bonds. The zero-order chi connectivity index (χ0) is 34.9. The monoisotopic (exact) mass is 678 g/mol. The summed E-state index contributed by atoms with van der Waals surface area (Å²) in [6, 6.07) is 63.6. The van der Waals surface area contributed by atoms with Crippen LogP contribution in [0.5, 0.6) is 0 Å². The maximum atomic E-state index is 6.79. The highest BCUT2D eigenvalue weighted by molar-refractivity contribution is 6.22. The maximum absolute atomic E-state index is 6.79. The lowest BCUT2D eigenvalue weighted by molar-refractivity contribution is 0.658. The smallest absolute Gasteiger partial charge is 0.147 e. The van der Waals surface area contributed by atoms with E-state index >= 15 is 0 Å². The number of furan rings is 2. The molecule has 3 aromatic heterocycles. The van der Waals surface area contributed by atoms with Gasteiger partial charge in [-0.1, -0.05) is 127 Å². The minimum atomic E-state index is 0.811. The average molecular weight is 679 g/mol. The van der Waals surface area contributed by atoms with Gasteiger partial charge >= 0.3 is 0 Å². The number of benzene rings is 8. The van der Waals surface area contributed by atoms with Gasteiger partial charge < -0.3 is 8.83 Å². The van der Waals surface area contributed by atoms with Gasteiger partial charge in [0.15, 0.2) is 0 Å². The Morgan fingerprint density at radius 2 is 0.868 bits per heavy atom. The van der Waals surface area contributed by atoms with Crippen LogP contribution >= 0.6 is 0 Å². The molecule has 0 saturated carbocycles. The molecule has 0 N–H and O–H groups in total. The van der Waals surface area contributed by atoms with Crippen LogP contribution in [0.15, 0.2) is 191 Å². The first-order valence-corrected chi connectivity index (χ1v) is 17.9.